The van der Waals surface area contributed by atoms with Gasteiger partial charge in [-0.3, -0.25) is 23.9 Å². The normalized spacial score (nSPS) is 21.2. The molecule has 2 aliphatic rings. The quantitative estimate of drug-likeness (QED) is 0.379. The average Bonchev–Trinajstić information content (AvgIpc) is 3.45. The van der Waals surface area contributed by atoms with Gasteiger partial charge in [0.05, 0.1) is 5.69 Å². The minimum Gasteiger partial charge on any atom is -0.344 e. The number of rotatable bonds is 10. The number of likely N-dealkylation sites (N-methyl/N-ethyl adjacent to an activating group) is 1. The molecule has 240 valence electrons. The smallest absolute Gasteiger partial charge is 0.270 e. The lowest BCUT2D eigenvalue weighted by molar-refractivity contribution is -0.138. The maximum atomic E-state index is 15.6. The predicted molar refractivity (Wildman–Crippen MR) is 165 cm³/mol. The van der Waals surface area contributed by atoms with E-state index in [4.69, 9.17) is 0 Å². The van der Waals surface area contributed by atoms with Crippen molar-refractivity contribution in [3.05, 3.63) is 47.5 Å². The van der Waals surface area contributed by atoms with Gasteiger partial charge in [0.15, 0.2) is 0 Å². The van der Waals surface area contributed by atoms with Crippen molar-refractivity contribution in [2.24, 2.45) is 18.9 Å². The largest absolute Gasteiger partial charge is 0.344 e. The Labute approximate surface area is 258 Å². The summed E-state index contributed by atoms with van der Waals surface area (Å²) in [4.78, 5) is 56.4. The van der Waals surface area contributed by atoms with Crippen molar-refractivity contribution >= 4 is 29.3 Å². The third-order valence-electron chi connectivity index (χ3n) is 9.15. The Hall–Kier alpha value is -3.80. The van der Waals surface area contributed by atoms with Crippen LogP contribution in [0.5, 0.6) is 0 Å². The lowest BCUT2D eigenvalue weighted by Crippen LogP contribution is -2.55. The van der Waals surface area contributed by atoms with Gasteiger partial charge in [-0.25, -0.2) is 4.39 Å². The van der Waals surface area contributed by atoms with E-state index in [9.17, 15) is 19.2 Å². The molecule has 1 saturated carbocycles. The second kappa shape index (κ2) is 14.8. The minimum absolute atomic E-state index is 0.0190. The maximum absolute atomic E-state index is 15.6. The summed E-state index contributed by atoms with van der Waals surface area (Å²) >= 11 is 0. The Morgan fingerprint density at radius 1 is 1.00 bits per heavy atom. The first kappa shape index (κ1) is 33.1. The van der Waals surface area contributed by atoms with Crippen molar-refractivity contribution in [2.75, 3.05) is 38.5 Å². The summed E-state index contributed by atoms with van der Waals surface area (Å²) in [6.07, 6.45) is 5.17. The van der Waals surface area contributed by atoms with Gasteiger partial charge in [-0.05, 0) is 55.5 Å². The number of carbonyl (C=O) groups excluding carboxylic acids is 4. The van der Waals surface area contributed by atoms with Crippen LogP contribution in [0.25, 0.3) is 0 Å². The van der Waals surface area contributed by atoms with Gasteiger partial charge in [0.1, 0.15) is 23.6 Å². The van der Waals surface area contributed by atoms with Crippen molar-refractivity contribution in [1.29, 1.82) is 0 Å². The number of nitrogens with one attached hydrogen (secondary N) is 3. The van der Waals surface area contributed by atoms with Crippen molar-refractivity contribution in [2.45, 2.75) is 70.9 Å². The maximum Gasteiger partial charge on any atom is 0.270 e. The molecule has 0 bridgehead atoms. The average molecular weight is 612 g/mol. The fourth-order valence-electron chi connectivity index (χ4n) is 6.05. The molecule has 1 saturated heterocycles. The van der Waals surface area contributed by atoms with Crippen LogP contribution in [0.1, 0.15) is 74.8 Å². The molecule has 1 aromatic carbocycles. The molecule has 3 N–H and O–H groups in total. The molecular weight excluding hydrogens is 565 g/mol. The lowest BCUT2D eigenvalue weighted by atomic mass is 9.79. The SMILES string of the molecule is CCC(=O)NC(C(=O)N1CCN(C)CC1)C(C)c1ccc(NC(=O)C(NC(=O)c2ccnn2C)C2CCC(C)CC2)c(F)c1. The molecule has 2 fully saturated rings. The molecule has 0 radical (unpaired) electrons. The summed E-state index contributed by atoms with van der Waals surface area (Å²) < 4.78 is 17.0. The molecule has 3 unspecified atom stereocenters. The number of nitrogens with zero attached hydrogens (tertiary/aromatic N) is 4. The molecule has 0 spiro atoms. The molecule has 2 heterocycles. The summed E-state index contributed by atoms with van der Waals surface area (Å²) in [6.45, 7) is 8.26. The molecular formula is C32H46FN7O4. The summed E-state index contributed by atoms with van der Waals surface area (Å²) in [5, 5.41) is 12.5. The van der Waals surface area contributed by atoms with Crippen molar-refractivity contribution in [3.8, 4) is 0 Å². The van der Waals surface area contributed by atoms with Crippen LogP contribution in [0.2, 0.25) is 0 Å². The minimum atomic E-state index is -0.856. The van der Waals surface area contributed by atoms with Crippen molar-refractivity contribution < 1.29 is 23.6 Å². The fourth-order valence-corrected chi connectivity index (χ4v) is 6.05. The number of benzene rings is 1. The number of hydrogen-bond donors (Lipinski definition) is 3. The summed E-state index contributed by atoms with van der Waals surface area (Å²) in [7, 11) is 3.65. The van der Waals surface area contributed by atoms with E-state index in [1.165, 1.54) is 23.0 Å². The van der Waals surface area contributed by atoms with Crippen LogP contribution in [0, 0.1) is 17.7 Å². The van der Waals surface area contributed by atoms with Gasteiger partial charge in [0.25, 0.3) is 5.91 Å². The Morgan fingerprint density at radius 2 is 1.68 bits per heavy atom. The molecule has 4 amide bonds. The van der Waals surface area contributed by atoms with E-state index in [1.807, 2.05) is 7.05 Å². The van der Waals surface area contributed by atoms with Crippen molar-refractivity contribution in [3.63, 3.8) is 0 Å². The zero-order valence-electron chi connectivity index (χ0n) is 26.4. The standard InChI is InChI=1S/C32H46FN7O4/c1-6-27(41)36-28(32(44)40-17-15-38(4)16-18-40)21(3)23-11-12-25(24(33)19-23)35-31(43)29(22-9-7-20(2)8-10-22)37-30(42)26-13-14-34-39(26)5/h11-14,19-22,28-29H,6-10,15-18H2,1-5H3,(H,35,43)(H,36,41)(H,37,42). The van der Waals surface area contributed by atoms with E-state index >= 15 is 4.39 Å². The first-order valence-electron chi connectivity index (χ1n) is 15.6. The van der Waals surface area contributed by atoms with Gasteiger partial charge in [0, 0.05) is 51.8 Å². The molecule has 1 aliphatic carbocycles. The second-order valence-corrected chi connectivity index (χ2v) is 12.4. The molecule has 1 aromatic heterocycles. The van der Waals surface area contributed by atoms with Crippen molar-refractivity contribution in [1.82, 2.24) is 30.2 Å². The first-order valence-corrected chi connectivity index (χ1v) is 15.6. The Balaban J connectivity index is 1.51. The first-order chi connectivity index (χ1) is 21.0. The third-order valence-corrected chi connectivity index (χ3v) is 9.15. The van der Waals surface area contributed by atoms with Crippen LogP contribution in [0.4, 0.5) is 10.1 Å². The van der Waals surface area contributed by atoms with E-state index in [0.29, 0.717) is 30.3 Å². The summed E-state index contributed by atoms with van der Waals surface area (Å²) in [5.74, 6) is -2.09. The molecule has 11 nitrogen and oxygen atoms in total. The lowest BCUT2D eigenvalue weighted by Gasteiger charge is -2.36. The number of carbonyl (C=O) groups is 4. The van der Waals surface area contributed by atoms with Crippen LogP contribution in [-0.2, 0) is 21.4 Å². The number of aromatic nitrogens is 2. The Kier molecular flexibility index (Phi) is 11.1. The van der Waals surface area contributed by atoms with Gasteiger partial charge >= 0.3 is 0 Å². The van der Waals surface area contributed by atoms with Gasteiger partial charge in [0.2, 0.25) is 17.7 Å². The second-order valence-electron chi connectivity index (χ2n) is 12.4. The molecule has 3 atom stereocenters. The molecule has 2 aromatic rings. The summed E-state index contributed by atoms with van der Waals surface area (Å²) in [6, 6.07) is 4.31. The Morgan fingerprint density at radius 3 is 2.27 bits per heavy atom. The highest BCUT2D eigenvalue weighted by atomic mass is 19.1. The monoisotopic (exact) mass is 611 g/mol. The van der Waals surface area contributed by atoms with Crippen LogP contribution in [0.3, 0.4) is 0 Å². The molecule has 4 rings (SSSR count). The van der Waals surface area contributed by atoms with Gasteiger partial charge in [-0.2, -0.15) is 5.10 Å². The van der Waals surface area contributed by atoms with E-state index in [0.717, 1.165) is 38.8 Å². The van der Waals surface area contributed by atoms with Gasteiger partial charge in [-0.15, -0.1) is 0 Å². The van der Waals surface area contributed by atoms with Crippen LogP contribution < -0.4 is 16.0 Å². The zero-order chi connectivity index (χ0) is 32.0. The number of aryl methyl sites for hydroxylation is 1. The van der Waals surface area contributed by atoms with E-state index < -0.39 is 35.6 Å². The van der Waals surface area contributed by atoms with Crippen LogP contribution >= 0.6 is 0 Å². The van der Waals surface area contributed by atoms with Gasteiger partial charge < -0.3 is 25.8 Å². The zero-order valence-corrected chi connectivity index (χ0v) is 26.4. The number of amides is 4. The fraction of sp³-hybridized carbons (Fsp3) is 0.594. The molecule has 12 heteroatoms. The number of anilines is 1. The highest BCUT2D eigenvalue weighted by molar-refractivity contribution is 6.00. The number of hydrogen-bond acceptors (Lipinski definition) is 6. The predicted octanol–water partition coefficient (Wildman–Crippen LogP) is 2.89. The van der Waals surface area contributed by atoms with E-state index in [1.54, 1.807) is 37.9 Å². The van der Waals surface area contributed by atoms with E-state index in [-0.39, 0.29) is 29.8 Å². The van der Waals surface area contributed by atoms with E-state index in [2.05, 4.69) is 32.9 Å². The van der Waals surface area contributed by atoms with Gasteiger partial charge in [-0.1, -0.05) is 39.7 Å². The van der Waals surface area contributed by atoms with Crippen LogP contribution in [0.15, 0.2) is 30.5 Å². The van der Waals surface area contributed by atoms with Crippen LogP contribution in [-0.4, -0.2) is 88.5 Å². The molecule has 44 heavy (non-hydrogen) atoms. The Bertz CT molecular complexity index is 1330. The number of piperazine rings is 1. The highest BCUT2D eigenvalue weighted by Gasteiger charge is 2.35. The third kappa shape index (κ3) is 8.02. The number of halogens is 1. The highest BCUT2D eigenvalue weighted by Crippen LogP contribution is 2.32. The summed E-state index contributed by atoms with van der Waals surface area (Å²) in [5.41, 5.74) is 0.827. The molecule has 1 aliphatic heterocycles. The topological polar surface area (TPSA) is 129 Å².